The summed E-state index contributed by atoms with van der Waals surface area (Å²) in [5.74, 6) is -0.513. The Morgan fingerprint density at radius 1 is 1.50 bits per heavy atom. The van der Waals surface area contributed by atoms with Crippen molar-refractivity contribution in [3.63, 3.8) is 0 Å². The van der Waals surface area contributed by atoms with E-state index < -0.39 is 22.0 Å². The van der Waals surface area contributed by atoms with Gasteiger partial charge in [-0.2, -0.15) is 0 Å². The summed E-state index contributed by atoms with van der Waals surface area (Å²) in [5, 5.41) is 9.47. The molecule has 6 heteroatoms. The summed E-state index contributed by atoms with van der Waals surface area (Å²) >= 11 is 0. The minimum absolute atomic E-state index is 0.129. The predicted octanol–water partition coefficient (Wildman–Crippen LogP) is -0.987. The van der Waals surface area contributed by atoms with Crippen molar-refractivity contribution < 1.29 is 18.3 Å². The molecule has 1 N–H and O–H groups in total. The van der Waals surface area contributed by atoms with Gasteiger partial charge in [-0.25, -0.2) is 8.42 Å². The molecule has 0 spiro atoms. The SMILES string of the molecule is CCC(=O)N(C)[C@H]1CS(=O)(=O)C[C@H]1O. The van der Waals surface area contributed by atoms with E-state index in [4.69, 9.17) is 0 Å². The van der Waals surface area contributed by atoms with E-state index in [9.17, 15) is 18.3 Å². The van der Waals surface area contributed by atoms with E-state index in [0.29, 0.717) is 6.42 Å². The normalized spacial score (nSPS) is 30.2. The molecule has 0 unspecified atom stereocenters. The highest BCUT2D eigenvalue weighted by Crippen LogP contribution is 2.17. The number of aliphatic hydroxyl groups excluding tert-OH is 1. The van der Waals surface area contributed by atoms with E-state index in [1.54, 1.807) is 6.92 Å². The fourth-order valence-corrected chi connectivity index (χ4v) is 3.46. The Morgan fingerprint density at radius 3 is 2.43 bits per heavy atom. The van der Waals surface area contributed by atoms with Crippen molar-refractivity contribution in [2.24, 2.45) is 0 Å². The van der Waals surface area contributed by atoms with Crippen LogP contribution in [0.4, 0.5) is 0 Å². The molecule has 1 fully saturated rings. The number of rotatable bonds is 2. The summed E-state index contributed by atoms with van der Waals surface area (Å²) in [5.41, 5.74) is 0. The van der Waals surface area contributed by atoms with E-state index in [0.717, 1.165) is 0 Å². The number of sulfone groups is 1. The van der Waals surface area contributed by atoms with Crippen molar-refractivity contribution in [2.75, 3.05) is 18.6 Å². The van der Waals surface area contributed by atoms with Crippen molar-refractivity contribution in [3.8, 4) is 0 Å². The van der Waals surface area contributed by atoms with Crippen LogP contribution in [0.15, 0.2) is 0 Å². The summed E-state index contributed by atoms with van der Waals surface area (Å²) in [4.78, 5) is 12.6. The molecule has 5 nitrogen and oxygen atoms in total. The Morgan fingerprint density at radius 2 is 2.07 bits per heavy atom. The molecule has 1 heterocycles. The van der Waals surface area contributed by atoms with Crippen molar-refractivity contribution >= 4 is 15.7 Å². The molecule has 0 aromatic heterocycles. The molecule has 0 radical (unpaired) electrons. The average molecular weight is 221 g/mol. The van der Waals surface area contributed by atoms with Gasteiger partial charge in [0, 0.05) is 13.5 Å². The maximum absolute atomic E-state index is 11.3. The van der Waals surface area contributed by atoms with Crippen LogP contribution in [0.1, 0.15) is 13.3 Å². The van der Waals surface area contributed by atoms with Crippen LogP contribution in [-0.2, 0) is 14.6 Å². The molecule has 1 saturated heterocycles. The lowest BCUT2D eigenvalue weighted by molar-refractivity contribution is -0.132. The minimum Gasteiger partial charge on any atom is -0.390 e. The Balaban J connectivity index is 2.76. The second kappa shape index (κ2) is 3.86. The molecule has 1 amide bonds. The lowest BCUT2D eigenvalue weighted by Crippen LogP contribution is -2.43. The lowest BCUT2D eigenvalue weighted by Gasteiger charge is -2.25. The zero-order chi connectivity index (χ0) is 10.9. The number of likely N-dealkylation sites (N-methyl/N-ethyl adjacent to an activating group) is 1. The molecule has 0 aliphatic carbocycles. The van der Waals surface area contributed by atoms with Gasteiger partial charge in [0.05, 0.1) is 23.7 Å². The van der Waals surface area contributed by atoms with Gasteiger partial charge in [-0.3, -0.25) is 4.79 Å². The van der Waals surface area contributed by atoms with Crippen LogP contribution >= 0.6 is 0 Å². The standard InChI is InChI=1S/C8H15NO4S/c1-3-8(11)9(2)6-4-14(12,13)5-7(6)10/h6-7,10H,3-5H2,1-2H3/t6-,7+/m0/s1. The number of hydrogen-bond donors (Lipinski definition) is 1. The first kappa shape index (κ1) is 11.5. The molecule has 1 rings (SSSR count). The molecular weight excluding hydrogens is 206 g/mol. The highest BCUT2D eigenvalue weighted by atomic mass is 32.2. The van der Waals surface area contributed by atoms with Gasteiger partial charge in [-0.15, -0.1) is 0 Å². The lowest BCUT2D eigenvalue weighted by atomic mass is 10.2. The van der Waals surface area contributed by atoms with Crippen LogP contribution in [0.2, 0.25) is 0 Å². The minimum atomic E-state index is -3.18. The van der Waals surface area contributed by atoms with Crippen molar-refractivity contribution in [1.29, 1.82) is 0 Å². The zero-order valence-electron chi connectivity index (χ0n) is 8.30. The average Bonchev–Trinajstić information content (AvgIpc) is 2.37. The number of hydrogen-bond acceptors (Lipinski definition) is 4. The van der Waals surface area contributed by atoms with Gasteiger partial charge in [0.2, 0.25) is 5.91 Å². The first-order valence-electron chi connectivity index (χ1n) is 4.51. The van der Waals surface area contributed by atoms with Crippen molar-refractivity contribution in [3.05, 3.63) is 0 Å². The third-order valence-corrected chi connectivity index (χ3v) is 4.19. The monoisotopic (exact) mass is 221 g/mol. The van der Waals surface area contributed by atoms with Gasteiger partial charge in [-0.1, -0.05) is 6.92 Å². The number of carbonyl (C=O) groups is 1. The number of nitrogens with zero attached hydrogens (tertiary/aromatic N) is 1. The van der Waals surface area contributed by atoms with Crippen LogP contribution in [0, 0.1) is 0 Å². The van der Waals surface area contributed by atoms with Crippen molar-refractivity contribution in [1.82, 2.24) is 4.90 Å². The van der Waals surface area contributed by atoms with E-state index in [1.165, 1.54) is 11.9 Å². The molecule has 1 aliphatic rings. The summed E-state index contributed by atoms with van der Waals surface area (Å²) in [7, 11) is -1.65. The Bertz CT molecular complexity index is 324. The molecule has 1 aliphatic heterocycles. The summed E-state index contributed by atoms with van der Waals surface area (Å²) < 4.78 is 22.3. The highest BCUT2D eigenvalue weighted by molar-refractivity contribution is 7.91. The number of amides is 1. The molecule has 14 heavy (non-hydrogen) atoms. The molecule has 0 saturated carbocycles. The summed E-state index contributed by atoms with van der Waals surface area (Å²) in [6.45, 7) is 1.70. The molecule has 0 aromatic carbocycles. The van der Waals surface area contributed by atoms with Gasteiger partial charge in [-0.05, 0) is 0 Å². The second-order valence-electron chi connectivity index (χ2n) is 3.57. The first-order valence-corrected chi connectivity index (χ1v) is 6.33. The van der Waals surface area contributed by atoms with Crippen LogP contribution in [0.5, 0.6) is 0 Å². The van der Waals surface area contributed by atoms with Gasteiger partial charge >= 0.3 is 0 Å². The largest absolute Gasteiger partial charge is 0.390 e. The van der Waals surface area contributed by atoms with Crippen LogP contribution in [-0.4, -0.2) is 55.0 Å². The predicted molar refractivity (Wildman–Crippen MR) is 51.5 cm³/mol. The molecule has 0 bridgehead atoms. The maximum Gasteiger partial charge on any atom is 0.222 e. The van der Waals surface area contributed by atoms with E-state index in [-0.39, 0.29) is 17.4 Å². The molecule has 2 atom stereocenters. The van der Waals surface area contributed by atoms with E-state index in [2.05, 4.69) is 0 Å². The topological polar surface area (TPSA) is 74.7 Å². The Hall–Kier alpha value is -0.620. The van der Waals surface area contributed by atoms with Gasteiger partial charge in [0.25, 0.3) is 0 Å². The maximum atomic E-state index is 11.3. The zero-order valence-corrected chi connectivity index (χ0v) is 9.12. The van der Waals surface area contributed by atoms with E-state index >= 15 is 0 Å². The van der Waals surface area contributed by atoms with Gasteiger partial charge in [0.15, 0.2) is 9.84 Å². The van der Waals surface area contributed by atoms with Gasteiger partial charge in [0.1, 0.15) is 0 Å². The smallest absolute Gasteiger partial charge is 0.222 e. The fraction of sp³-hybridized carbons (Fsp3) is 0.875. The van der Waals surface area contributed by atoms with Crippen LogP contribution < -0.4 is 0 Å². The Labute approximate surface area is 83.6 Å². The third kappa shape index (κ3) is 2.24. The fourth-order valence-electron chi connectivity index (χ4n) is 1.61. The number of aliphatic hydroxyl groups is 1. The molecular formula is C8H15NO4S. The molecule has 0 aromatic rings. The quantitative estimate of drug-likeness (QED) is 0.650. The number of carbonyl (C=O) groups excluding carboxylic acids is 1. The molecule has 82 valence electrons. The highest BCUT2D eigenvalue weighted by Gasteiger charge is 2.39. The van der Waals surface area contributed by atoms with Crippen LogP contribution in [0.25, 0.3) is 0 Å². The van der Waals surface area contributed by atoms with Crippen LogP contribution in [0.3, 0.4) is 0 Å². The second-order valence-corrected chi connectivity index (χ2v) is 5.72. The van der Waals surface area contributed by atoms with E-state index in [1.807, 2.05) is 0 Å². The summed E-state index contributed by atoms with van der Waals surface area (Å²) in [6.07, 6.45) is -0.625. The first-order chi connectivity index (χ1) is 6.37. The Kier molecular flexibility index (Phi) is 3.16. The van der Waals surface area contributed by atoms with Gasteiger partial charge < -0.3 is 10.0 Å². The van der Waals surface area contributed by atoms with Crippen molar-refractivity contribution in [2.45, 2.75) is 25.5 Å². The summed E-state index contributed by atoms with van der Waals surface area (Å²) in [6, 6.07) is -0.576. The third-order valence-electron chi connectivity index (χ3n) is 2.49.